The third-order valence-electron chi connectivity index (χ3n) is 4.38. The zero-order chi connectivity index (χ0) is 12.2. The summed E-state index contributed by atoms with van der Waals surface area (Å²) in [4.78, 5) is 4.62. The van der Waals surface area contributed by atoms with E-state index in [9.17, 15) is 0 Å². The maximum Gasteiger partial charge on any atom is 0.226 e. The van der Waals surface area contributed by atoms with Crippen LogP contribution in [0.5, 0.6) is 0 Å². The molecule has 1 aliphatic heterocycles. The summed E-state index contributed by atoms with van der Waals surface area (Å²) in [5, 5.41) is 7.56. The maximum absolute atomic E-state index is 5.44. The molecule has 1 N–H and O–H groups in total. The van der Waals surface area contributed by atoms with E-state index in [1.807, 2.05) is 0 Å². The van der Waals surface area contributed by atoms with Gasteiger partial charge < -0.3 is 9.84 Å². The van der Waals surface area contributed by atoms with Crippen LogP contribution in [0.4, 0.5) is 0 Å². The summed E-state index contributed by atoms with van der Waals surface area (Å²) >= 11 is 0. The van der Waals surface area contributed by atoms with Crippen molar-refractivity contribution in [3.63, 3.8) is 0 Å². The van der Waals surface area contributed by atoms with E-state index < -0.39 is 0 Å². The Morgan fingerprint density at radius 1 is 1.06 bits per heavy atom. The normalized spacial score (nSPS) is 23.3. The van der Waals surface area contributed by atoms with Gasteiger partial charge in [0.25, 0.3) is 0 Å². The first-order chi connectivity index (χ1) is 8.92. The quantitative estimate of drug-likeness (QED) is 0.894. The van der Waals surface area contributed by atoms with Gasteiger partial charge in [-0.2, -0.15) is 4.98 Å². The first kappa shape index (κ1) is 12.2. The fourth-order valence-electron chi connectivity index (χ4n) is 3.24. The molecule has 0 atom stereocenters. The summed E-state index contributed by atoms with van der Waals surface area (Å²) in [7, 11) is 0. The lowest BCUT2D eigenvalue weighted by Gasteiger charge is -2.20. The van der Waals surface area contributed by atoms with Gasteiger partial charge >= 0.3 is 0 Å². The first-order valence-corrected chi connectivity index (χ1v) is 7.45. The molecule has 1 aromatic rings. The van der Waals surface area contributed by atoms with E-state index in [-0.39, 0.29) is 0 Å². The molecule has 0 aromatic carbocycles. The molecule has 1 saturated carbocycles. The van der Waals surface area contributed by atoms with Gasteiger partial charge in [-0.15, -0.1) is 0 Å². The van der Waals surface area contributed by atoms with Crippen LogP contribution in [0.15, 0.2) is 4.52 Å². The van der Waals surface area contributed by atoms with Gasteiger partial charge in [0.2, 0.25) is 5.89 Å². The second-order valence-corrected chi connectivity index (χ2v) is 5.78. The summed E-state index contributed by atoms with van der Waals surface area (Å²) < 4.78 is 5.44. The van der Waals surface area contributed by atoms with Crippen molar-refractivity contribution in [1.29, 1.82) is 0 Å². The molecule has 2 aliphatic rings. The summed E-state index contributed by atoms with van der Waals surface area (Å²) in [6.45, 7) is 2.16. The summed E-state index contributed by atoms with van der Waals surface area (Å²) in [5.74, 6) is 3.10. The molecule has 2 heterocycles. The van der Waals surface area contributed by atoms with Crippen molar-refractivity contribution < 1.29 is 4.52 Å². The first-order valence-electron chi connectivity index (χ1n) is 7.45. The molecule has 3 rings (SSSR count). The SMILES string of the molecule is C1CCC(Cc2nc(C3CCNCC3)no2)CC1. The average Bonchev–Trinajstić information content (AvgIpc) is 2.89. The summed E-state index contributed by atoms with van der Waals surface area (Å²) in [6, 6.07) is 0. The largest absolute Gasteiger partial charge is 0.339 e. The van der Waals surface area contributed by atoms with Crippen molar-refractivity contribution in [2.24, 2.45) is 5.92 Å². The smallest absolute Gasteiger partial charge is 0.226 e. The van der Waals surface area contributed by atoms with E-state index in [1.165, 1.54) is 32.1 Å². The highest BCUT2D eigenvalue weighted by atomic mass is 16.5. The van der Waals surface area contributed by atoms with Crippen LogP contribution < -0.4 is 5.32 Å². The molecule has 18 heavy (non-hydrogen) atoms. The molecule has 0 bridgehead atoms. The molecule has 4 nitrogen and oxygen atoms in total. The zero-order valence-electron chi connectivity index (χ0n) is 11.0. The highest BCUT2D eigenvalue weighted by molar-refractivity contribution is 4.98. The molecular formula is C14H23N3O. The molecule has 4 heteroatoms. The van der Waals surface area contributed by atoms with Crippen LogP contribution >= 0.6 is 0 Å². The second kappa shape index (κ2) is 5.83. The van der Waals surface area contributed by atoms with Crippen LogP contribution in [0.25, 0.3) is 0 Å². The van der Waals surface area contributed by atoms with Crippen LogP contribution in [-0.4, -0.2) is 23.2 Å². The molecule has 100 valence electrons. The summed E-state index contributed by atoms with van der Waals surface area (Å²) in [6.07, 6.45) is 10.1. The van der Waals surface area contributed by atoms with E-state index in [0.717, 1.165) is 50.0 Å². The van der Waals surface area contributed by atoms with Crippen molar-refractivity contribution in [2.45, 2.75) is 57.3 Å². The second-order valence-electron chi connectivity index (χ2n) is 5.78. The monoisotopic (exact) mass is 249 g/mol. The van der Waals surface area contributed by atoms with Crippen LogP contribution in [0.3, 0.4) is 0 Å². The maximum atomic E-state index is 5.44. The Bertz CT molecular complexity index is 365. The number of aromatic nitrogens is 2. The third-order valence-corrected chi connectivity index (χ3v) is 4.38. The minimum absolute atomic E-state index is 0.509. The van der Waals surface area contributed by atoms with Crippen LogP contribution in [0.1, 0.15) is 62.6 Å². The van der Waals surface area contributed by atoms with E-state index in [0.29, 0.717) is 5.92 Å². The topological polar surface area (TPSA) is 51.0 Å². The van der Waals surface area contributed by atoms with Crippen molar-refractivity contribution in [1.82, 2.24) is 15.5 Å². The number of rotatable bonds is 3. The van der Waals surface area contributed by atoms with E-state index in [1.54, 1.807) is 0 Å². The number of hydrogen-bond donors (Lipinski definition) is 1. The standard InChI is InChI=1S/C14H23N3O/c1-2-4-11(5-3-1)10-13-16-14(17-18-13)12-6-8-15-9-7-12/h11-12,15H,1-10H2. The number of nitrogens with zero attached hydrogens (tertiary/aromatic N) is 2. The van der Waals surface area contributed by atoms with Gasteiger partial charge in [0.1, 0.15) is 0 Å². The van der Waals surface area contributed by atoms with Gasteiger partial charge in [0, 0.05) is 12.3 Å². The average molecular weight is 249 g/mol. The Balaban J connectivity index is 1.58. The molecule has 0 spiro atoms. The minimum atomic E-state index is 0.509. The molecule has 0 unspecified atom stereocenters. The van der Waals surface area contributed by atoms with Gasteiger partial charge in [-0.25, -0.2) is 0 Å². The van der Waals surface area contributed by atoms with Crippen molar-refractivity contribution >= 4 is 0 Å². The predicted octanol–water partition coefficient (Wildman–Crippen LogP) is 2.66. The van der Waals surface area contributed by atoms with E-state index in [4.69, 9.17) is 4.52 Å². The van der Waals surface area contributed by atoms with Crippen molar-refractivity contribution in [3.05, 3.63) is 11.7 Å². The van der Waals surface area contributed by atoms with E-state index in [2.05, 4.69) is 15.5 Å². The van der Waals surface area contributed by atoms with Crippen molar-refractivity contribution in [2.75, 3.05) is 13.1 Å². The Morgan fingerprint density at radius 2 is 1.83 bits per heavy atom. The molecule has 0 radical (unpaired) electrons. The van der Waals surface area contributed by atoms with Crippen molar-refractivity contribution in [3.8, 4) is 0 Å². The van der Waals surface area contributed by atoms with Gasteiger partial charge in [-0.1, -0.05) is 24.4 Å². The minimum Gasteiger partial charge on any atom is -0.339 e. The molecule has 1 aliphatic carbocycles. The predicted molar refractivity (Wildman–Crippen MR) is 69.4 cm³/mol. The van der Waals surface area contributed by atoms with Crippen LogP contribution in [0, 0.1) is 5.92 Å². The number of nitrogens with one attached hydrogen (secondary N) is 1. The number of piperidine rings is 1. The molecular weight excluding hydrogens is 226 g/mol. The van der Waals surface area contributed by atoms with E-state index >= 15 is 0 Å². The molecule has 0 amide bonds. The van der Waals surface area contributed by atoms with Gasteiger partial charge in [0.15, 0.2) is 5.82 Å². The fraction of sp³-hybridized carbons (Fsp3) is 0.857. The number of hydrogen-bond acceptors (Lipinski definition) is 4. The Labute approximate surface area is 109 Å². The highest BCUT2D eigenvalue weighted by Gasteiger charge is 2.22. The van der Waals surface area contributed by atoms with Gasteiger partial charge in [-0.05, 0) is 44.7 Å². The summed E-state index contributed by atoms with van der Waals surface area (Å²) in [5.41, 5.74) is 0. The molecule has 1 aromatic heterocycles. The van der Waals surface area contributed by atoms with Gasteiger partial charge in [-0.3, -0.25) is 0 Å². The zero-order valence-corrected chi connectivity index (χ0v) is 11.0. The lowest BCUT2D eigenvalue weighted by Crippen LogP contribution is -2.27. The fourth-order valence-corrected chi connectivity index (χ4v) is 3.24. The highest BCUT2D eigenvalue weighted by Crippen LogP contribution is 2.27. The Morgan fingerprint density at radius 3 is 2.61 bits per heavy atom. The Hall–Kier alpha value is -0.900. The molecule has 1 saturated heterocycles. The van der Waals surface area contributed by atoms with Crippen LogP contribution in [0.2, 0.25) is 0 Å². The lowest BCUT2D eigenvalue weighted by atomic mass is 9.87. The molecule has 2 fully saturated rings. The Kier molecular flexibility index (Phi) is 3.93. The van der Waals surface area contributed by atoms with Crippen LogP contribution in [-0.2, 0) is 6.42 Å². The third kappa shape index (κ3) is 2.91. The van der Waals surface area contributed by atoms with Gasteiger partial charge in [0.05, 0.1) is 0 Å². The lowest BCUT2D eigenvalue weighted by molar-refractivity contribution is 0.302.